The van der Waals surface area contributed by atoms with E-state index in [0.29, 0.717) is 11.8 Å². The Bertz CT molecular complexity index is 1130. The van der Waals surface area contributed by atoms with Gasteiger partial charge in [-0.05, 0) is 75.0 Å². The second-order valence-corrected chi connectivity index (χ2v) is 62.1. The van der Waals surface area contributed by atoms with Crippen LogP contribution in [0.2, 0.25) is 27.8 Å². The van der Waals surface area contributed by atoms with Gasteiger partial charge in [-0.25, -0.2) is 0 Å². The van der Waals surface area contributed by atoms with Crippen LogP contribution in [0.4, 0.5) is 0 Å². The molecule has 226 valence electrons. The van der Waals surface area contributed by atoms with Crippen molar-refractivity contribution in [1.82, 2.24) is 0 Å². The van der Waals surface area contributed by atoms with Crippen molar-refractivity contribution in [3.8, 4) is 0 Å². The molecule has 0 saturated heterocycles. The van der Waals surface area contributed by atoms with E-state index < -0.39 is 35.2 Å². The zero-order valence-electron chi connectivity index (χ0n) is 27.5. The van der Waals surface area contributed by atoms with Gasteiger partial charge in [0, 0.05) is 11.8 Å². The van der Waals surface area contributed by atoms with Gasteiger partial charge in [0.25, 0.3) is 0 Å². The molecule has 0 bridgehead atoms. The molecule has 0 aliphatic heterocycles. The molecule has 0 heterocycles. The Morgan fingerprint density at radius 2 is 1.02 bits per heavy atom. The van der Waals surface area contributed by atoms with E-state index in [2.05, 4.69) is 104 Å². The van der Waals surface area contributed by atoms with Crippen molar-refractivity contribution in [2.75, 3.05) is 0 Å². The predicted molar refractivity (Wildman–Crippen MR) is 171 cm³/mol. The van der Waals surface area contributed by atoms with Crippen molar-refractivity contribution < 1.29 is 60.0 Å². The first kappa shape index (κ1) is 40.8. The van der Waals surface area contributed by atoms with Crippen molar-refractivity contribution in [2.24, 2.45) is 11.8 Å². The molecule has 0 aromatic rings. The van der Waals surface area contributed by atoms with E-state index in [-0.39, 0.29) is 24.8 Å². The third kappa shape index (κ3) is 9.93. The molecule has 0 saturated carbocycles. The number of hydrogen-bond acceptors (Lipinski definition) is 0. The standard InChI is InChI=1S/C18H26.2C5H5.6CH3.4ClH.2Zr/c1-9-10(2)14(6)17(13(9)5)18-15(7)11(3)12(4)16(18)8;2*1-2-4-5-3-1;;;;;;;;;;;;/h13,15H,1-8H3;2*1-3H,4H2;6*1H3;4*1H;;/q;;;;;;;;;;;;;2*+2/p-4. The summed E-state index contributed by atoms with van der Waals surface area (Å²) in [5.41, 5.74) is 12.4. The average molecular weight is 787 g/mol. The van der Waals surface area contributed by atoms with Gasteiger partial charge < -0.3 is 24.8 Å². The van der Waals surface area contributed by atoms with Gasteiger partial charge in [0.1, 0.15) is 0 Å². The Hall–Kier alpha value is 0.846. The van der Waals surface area contributed by atoms with E-state index in [0.717, 1.165) is 6.42 Å². The van der Waals surface area contributed by atoms with Gasteiger partial charge in [0.05, 0.1) is 0 Å². The molecule has 0 radical (unpaired) electrons. The molecule has 0 nitrogen and oxygen atoms in total. The molecular weight excluding hydrogens is 733 g/mol. The maximum absolute atomic E-state index is 6.26. The van der Waals surface area contributed by atoms with E-state index in [1.807, 2.05) is 15.3 Å². The van der Waals surface area contributed by atoms with Crippen LogP contribution in [0, 0.1) is 11.8 Å². The fourth-order valence-electron chi connectivity index (χ4n) is 5.75. The maximum Gasteiger partial charge on any atom is -1.00 e. The van der Waals surface area contributed by atoms with Crippen molar-refractivity contribution in [3.05, 3.63) is 87.6 Å². The first-order valence-electron chi connectivity index (χ1n) is 14.4. The van der Waals surface area contributed by atoms with Crippen LogP contribution in [0.25, 0.3) is 0 Å². The SMILES string of the molecule is CC1=C(C)C(C)C(C2=C(C)C(C)=C(C)C2C)=C1C.[CH3][Zr+2]([CH3])([CH3])([CH3])[C]1=CC=CC1.[CH3][Zr]([CH3])([Cl])([Cl])[C]1=CC=CC1.[Cl-].[Cl-]. The molecule has 0 fully saturated rings. The Labute approximate surface area is 269 Å². The normalized spacial score (nSPS) is 23.6. The minimum absolute atomic E-state index is 0. The minimum atomic E-state index is -3.26. The Morgan fingerprint density at radius 1 is 0.650 bits per heavy atom. The zero-order valence-corrected chi connectivity index (χ0v) is 35.5. The van der Waals surface area contributed by atoms with Gasteiger partial charge in [-0.3, -0.25) is 0 Å². The topological polar surface area (TPSA) is 0 Å². The fraction of sp³-hybridized carbons (Fsp3) is 0.529. The number of hydrogen-bond donors (Lipinski definition) is 0. The van der Waals surface area contributed by atoms with Gasteiger partial charge in [-0.1, -0.05) is 25.0 Å². The Morgan fingerprint density at radius 3 is 1.20 bits per heavy atom. The molecule has 6 heteroatoms. The number of rotatable bonds is 3. The fourth-order valence-corrected chi connectivity index (χ4v) is 14.6. The van der Waals surface area contributed by atoms with Crippen LogP contribution >= 0.6 is 17.0 Å². The Balaban J connectivity index is 0.000000597. The first-order valence-corrected chi connectivity index (χ1v) is 37.9. The zero-order chi connectivity index (χ0) is 29.5. The van der Waals surface area contributed by atoms with Crippen molar-refractivity contribution >= 4 is 17.0 Å². The third-order valence-electron chi connectivity index (χ3n) is 9.28. The van der Waals surface area contributed by atoms with E-state index in [1.165, 1.54) is 32.0 Å². The van der Waals surface area contributed by atoms with Crippen LogP contribution in [0.3, 0.4) is 0 Å². The quantitative estimate of drug-likeness (QED) is 0.284. The Kier molecular flexibility index (Phi) is 14.6. The second kappa shape index (κ2) is 14.3. The molecule has 4 aliphatic rings. The minimum Gasteiger partial charge on any atom is -1.00 e. The molecule has 4 aliphatic carbocycles. The summed E-state index contributed by atoms with van der Waals surface area (Å²) in [6.07, 6.45) is 15.2. The van der Waals surface area contributed by atoms with Gasteiger partial charge >= 0.3 is 136 Å². The van der Waals surface area contributed by atoms with Gasteiger partial charge in [0.2, 0.25) is 0 Å². The first-order chi connectivity index (χ1) is 17.0. The molecule has 4 rings (SSSR count). The van der Waals surface area contributed by atoms with E-state index in [4.69, 9.17) is 17.0 Å². The third-order valence-corrected chi connectivity index (χ3v) is 24.6. The van der Waals surface area contributed by atoms with Gasteiger partial charge in [0.15, 0.2) is 0 Å². The number of halogens is 4. The van der Waals surface area contributed by atoms with Crippen LogP contribution in [-0.2, 0) is 35.2 Å². The summed E-state index contributed by atoms with van der Waals surface area (Å²) in [5, 5.41) is 0. The summed E-state index contributed by atoms with van der Waals surface area (Å²) in [6, 6.07) is 0. The number of allylic oxidation sites excluding steroid dienone is 16. The van der Waals surface area contributed by atoms with Crippen molar-refractivity contribution in [1.29, 1.82) is 0 Å². The maximum atomic E-state index is 6.26. The summed E-state index contributed by atoms with van der Waals surface area (Å²) in [5.74, 6) is 1.19. The summed E-state index contributed by atoms with van der Waals surface area (Å²) >= 11 is -5.46. The summed E-state index contributed by atoms with van der Waals surface area (Å²) in [7, 11) is 12.5. The largest absolute Gasteiger partial charge is 1.00 e. The van der Waals surface area contributed by atoms with Crippen LogP contribution in [-0.4, -0.2) is 0 Å². The smallest absolute Gasteiger partial charge is 1.00 e. The molecular formula is C34H54Cl4Zr2. The molecule has 0 aromatic heterocycles. The summed E-state index contributed by atoms with van der Waals surface area (Å²) in [6.45, 7) is 18.5. The predicted octanol–water partition coefficient (Wildman–Crippen LogP) is 7.24. The van der Waals surface area contributed by atoms with Crippen LogP contribution in [0.1, 0.15) is 68.2 Å². The van der Waals surface area contributed by atoms with Crippen molar-refractivity contribution in [3.63, 3.8) is 0 Å². The second-order valence-electron chi connectivity index (χ2n) is 14.8. The van der Waals surface area contributed by atoms with Crippen LogP contribution in [0.5, 0.6) is 0 Å². The molecule has 0 aromatic carbocycles. The van der Waals surface area contributed by atoms with E-state index in [1.54, 1.807) is 25.6 Å². The average Bonchev–Trinajstić information content (AvgIpc) is 3.56. The van der Waals surface area contributed by atoms with Crippen molar-refractivity contribution in [2.45, 2.75) is 96.0 Å². The molecule has 0 amide bonds. The van der Waals surface area contributed by atoms with Gasteiger partial charge in [-0.15, -0.1) is 0 Å². The monoisotopic (exact) mass is 782 g/mol. The summed E-state index contributed by atoms with van der Waals surface area (Å²) < 4.78 is 17.0. The van der Waals surface area contributed by atoms with Crippen LogP contribution in [0.15, 0.2) is 87.6 Å². The molecule has 0 N–H and O–H groups in total. The van der Waals surface area contributed by atoms with Gasteiger partial charge in [-0.2, -0.15) is 0 Å². The molecule has 2 unspecified atom stereocenters. The molecule has 40 heavy (non-hydrogen) atoms. The molecule has 0 spiro atoms. The van der Waals surface area contributed by atoms with Crippen LogP contribution < -0.4 is 24.8 Å². The van der Waals surface area contributed by atoms with E-state index >= 15 is 0 Å². The molecule has 2 atom stereocenters. The summed E-state index contributed by atoms with van der Waals surface area (Å²) in [4.78, 5) is 0. The van der Waals surface area contributed by atoms with E-state index in [9.17, 15) is 0 Å².